The Bertz CT molecular complexity index is 910. The molecule has 0 spiro atoms. The summed E-state index contributed by atoms with van der Waals surface area (Å²) in [5, 5.41) is 0. The number of hydrogen-bond donors (Lipinski definition) is 1. The summed E-state index contributed by atoms with van der Waals surface area (Å²) in [5.74, 6) is 0.605. The molecule has 1 N–H and O–H groups in total. The average Bonchev–Trinajstić information content (AvgIpc) is 2.65. The fourth-order valence-electron chi connectivity index (χ4n) is 2.51. The topological polar surface area (TPSA) is 90.9 Å². The summed E-state index contributed by atoms with van der Waals surface area (Å²) in [6, 6.07) is 11.5. The third kappa shape index (κ3) is 4.08. The molecule has 2 aromatic carbocycles. The zero-order valence-corrected chi connectivity index (χ0v) is 15.0. The minimum absolute atomic E-state index is 0.0796. The molecule has 0 aromatic heterocycles. The lowest BCUT2D eigenvalue weighted by atomic mass is 10.1. The Morgan fingerprint density at radius 3 is 2.62 bits per heavy atom. The van der Waals surface area contributed by atoms with E-state index in [-0.39, 0.29) is 4.90 Å². The molecule has 0 radical (unpaired) electrons. The summed E-state index contributed by atoms with van der Waals surface area (Å²) in [6.45, 7) is 2.31. The van der Waals surface area contributed by atoms with Crippen LogP contribution in [-0.4, -0.2) is 34.1 Å². The second-order valence-corrected chi connectivity index (χ2v) is 7.27. The van der Waals surface area contributed by atoms with E-state index in [0.717, 1.165) is 12.0 Å². The van der Waals surface area contributed by atoms with Gasteiger partial charge in [0, 0.05) is 6.07 Å². The Kier molecular flexibility index (Phi) is 5.32. The van der Waals surface area contributed by atoms with E-state index in [0.29, 0.717) is 30.5 Å². The number of benzene rings is 2. The number of carbonyl (C=O) groups excluding carboxylic acids is 1. The van der Waals surface area contributed by atoms with E-state index in [1.807, 2.05) is 23.8 Å². The van der Waals surface area contributed by atoms with Crippen molar-refractivity contribution in [1.29, 1.82) is 0 Å². The molecular formula is C18H19NO6S. The maximum absolute atomic E-state index is 12.4. The molecule has 0 saturated heterocycles. The number of sulfonamides is 1. The first-order chi connectivity index (χ1) is 12.5. The highest BCUT2D eigenvalue weighted by Gasteiger charge is 2.21. The van der Waals surface area contributed by atoms with Crippen LogP contribution in [0.25, 0.3) is 0 Å². The van der Waals surface area contributed by atoms with Gasteiger partial charge in [0.1, 0.15) is 19.0 Å². The van der Waals surface area contributed by atoms with Crippen molar-refractivity contribution in [2.75, 3.05) is 19.8 Å². The first-order valence-electron chi connectivity index (χ1n) is 8.15. The molecule has 1 amide bonds. The van der Waals surface area contributed by atoms with Crippen molar-refractivity contribution in [1.82, 2.24) is 4.72 Å². The number of fused-ring (bicyclic) bond motifs is 1. The van der Waals surface area contributed by atoms with Gasteiger partial charge < -0.3 is 14.2 Å². The number of amides is 1. The monoisotopic (exact) mass is 377 g/mol. The van der Waals surface area contributed by atoms with Gasteiger partial charge in [-0.3, -0.25) is 4.79 Å². The van der Waals surface area contributed by atoms with Gasteiger partial charge in [0.25, 0.3) is 15.9 Å². The second-order valence-electron chi connectivity index (χ2n) is 5.58. The van der Waals surface area contributed by atoms with Crippen molar-refractivity contribution in [3.8, 4) is 17.2 Å². The maximum Gasteiger partial charge on any atom is 0.271 e. The highest BCUT2D eigenvalue weighted by Crippen LogP contribution is 2.32. The van der Waals surface area contributed by atoms with E-state index in [2.05, 4.69) is 0 Å². The van der Waals surface area contributed by atoms with Crippen molar-refractivity contribution in [3.63, 3.8) is 0 Å². The van der Waals surface area contributed by atoms with E-state index in [9.17, 15) is 13.2 Å². The van der Waals surface area contributed by atoms with Gasteiger partial charge in [-0.15, -0.1) is 0 Å². The first kappa shape index (κ1) is 18.1. The minimum Gasteiger partial charge on any atom is -0.486 e. The molecule has 0 aliphatic carbocycles. The van der Waals surface area contributed by atoms with Crippen LogP contribution in [-0.2, 0) is 21.2 Å². The maximum atomic E-state index is 12.4. The van der Waals surface area contributed by atoms with E-state index in [1.54, 1.807) is 12.1 Å². The first-order valence-corrected chi connectivity index (χ1v) is 9.64. The van der Waals surface area contributed by atoms with Crippen LogP contribution < -0.4 is 18.9 Å². The van der Waals surface area contributed by atoms with Gasteiger partial charge in [-0.25, -0.2) is 13.1 Å². The zero-order valence-electron chi connectivity index (χ0n) is 14.2. The molecule has 0 unspecified atom stereocenters. The van der Waals surface area contributed by atoms with Crippen LogP contribution in [0.15, 0.2) is 47.4 Å². The van der Waals surface area contributed by atoms with Gasteiger partial charge in [0.2, 0.25) is 0 Å². The van der Waals surface area contributed by atoms with Gasteiger partial charge in [0.15, 0.2) is 18.1 Å². The Morgan fingerprint density at radius 2 is 1.85 bits per heavy atom. The molecule has 1 aliphatic heterocycles. The van der Waals surface area contributed by atoms with E-state index in [4.69, 9.17) is 14.2 Å². The van der Waals surface area contributed by atoms with Crippen molar-refractivity contribution in [3.05, 3.63) is 48.0 Å². The molecular weight excluding hydrogens is 358 g/mol. The molecule has 0 saturated carbocycles. The molecule has 138 valence electrons. The van der Waals surface area contributed by atoms with Crippen molar-refractivity contribution >= 4 is 15.9 Å². The van der Waals surface area contributed by atoms with E-state index >= 15 is 0 Å². The number of aryl methyl sites for hydroxylation is 1. The van der Waals surface area contributed by atoms with E-state index < -0.39 is 22.5 Å². The fraction of sp³-hybridized carbons (Fsp3) is 0.278. The molecule has 7 nitrogen and oxygen atoms in total. The second kappa shape index (κ2) is 7.65. The average molecular weight is 377 g/mol. The number of ether oxygens (including phenoxy) is 3. The summed E-state index contributed by atoms with van der Waals surface area (Å²) in [7, 11) is -4.03. The highest BCUT2D eigenvalue weighted by molar-refractivity contribution is 7.90. The van der Waals surface area contributed by atoms with Gasteiger partial charge in [-0.05, 0) is 30.2 Å². The molecule has 8 heteroatoms. The molecule has 1 heterocycles. The van der Waals surface area contributed by atoms with Crippen molar-refractivity contribution in [2.45, 2.75) is 18.2 Å². The van der Waals surface area contributed by atoms with Crippen LogP contribution >= 0.6 is 0 Å². The largest absolute Gasteiger partial charge is 0.486 e. The molecule has 0 atom stereocenters. The van der Waals surface area contributed by atoms with Crippen LogP contribution in [0.4, 0.5) is 0 Å². The summed E-state index contributed by atoms with van der Waals surface area (Å²) in [5.41, 5.74) is 0.940. The van der Waals surface area contributed by atoms with Crippen LogP contribution in [0, 0.1) is 0 Å². The van der Waals surface area contributed by atoms with Crippen LogP contribution in [0.2, 0.25) is 0 Å². The third-order valence-corrected chi connectivity index (χ3v) is 5.16. The zero-order chi connectivity index (χ0) is 18.6. The summed E-state index contributed by atoms with van der Waals surface area (Å²) in [4.78, 5) is 11.9. The summed E-state index contributed by atoms with van der Waals surface area (Å²) < 4.78 is 42.9. The number of nitrogens with one attached hydrogen (secondary N) is 1. The Hall–Kier alpha value is -2.74. The molecule has 0 fully saturated rings. The van der Waals surface area contributed by atoms with Crippen LogP contribution in [0.3, 0.4) is 0 Å². The lowest BCUT2D eigenvalue weighted by Gasteiger charge is -2.19. The lowest BCUT2D eigenvalue weighted by Crippen LogP contribution is -2.34. The quantitative estimate of drug-likeness (QED) is 0.827. The number of carbonyl (C=O) groups is 1. The van der Waals surface area contributed by atoms with Crippen LogP contribution in [0.1, 0.15) is 12.5 Å². The standard InChI is InChI=1S/C18H19NO6S/c1-2-13-5-3-4-6-15(13)25-12-18(20)19-26(21,22)14-7-8-16-17(11-14)24-10-9-23-16/h3-8,11H,2,9-10,12H2,1H3,(H,19,20). The normalized spacial score (nSPS) is 13.1. The van der Waals surface area contributed by atoms with E-state index in [1.165, 1.54) is 18.2 Å². The molecule has 26 heavy (non-hydrogen) atoms. The van der Waals surface area contributed by atoms with Gasteiger partial charge >= 0.3 is 0 Å². The van der Waals surface area contributed by atoms with Crippen molar-refractivity contribution < 1.29 is 27.4 Å². The molecule has 2 aromatic rings. The SMILES string of the molecule is CCc1ccccc1OCC(=O)NS(=O)(=O)c1ccc2c(c1)OCCO2. The van der Waals surface area contributed by atoms with Crippen molar-refractivity contribution in [2.24, 2.45) is 0 Å². The Morgan fingerprint density at radius 1 is 1.12 bits per heavy atom. The highest BCUT2D eigenvalue weighted by atomic mass is 32.2. The molecule has 3 rings (SSSR count). The third-order valence-electron chi connectivity index (χ3n) is 3.78. The predicted molar refractivity (Wildman–Crippen MR) is 94.1 cm³/mol. The number of rotatable bonds is 6. The summed E-state index contributed by atoms with van der Waals surface area (Å²) >= 11 is 0. The Labute approximate surface area is 151 Å². The molecule has 0 bridgehead atoms. The summed E-state index contributed by atoms with van der Waals surface area (Å²) in [6.07, 6.45) is 0.743. The van der Waals surface area contributed by atoms with Gasteiger partial charge in [0.05, 0.1) is 4.90 Å². The number of hydrogen-bond acceptors (Lipinski definition) is 6. The smallest absolute Gasteiger partial charge is 0.271 e. The predicted octanol–water partition coefficient (Wildman–Crippen LogP) is 1.90. The lowest BCUT2D eigenvalue weighted by molar-refractivity contribution is -0.121. The Balaban J connectivity index is 1.66. The fourth-order valence-corrected chi connectivity index (χ4v) is 3.50. The van der Waals surface area contributed by atoms with Gasteiger partial charge in [-0.2, -0.15) is 0 Å². The minimum atomic E-state index is -4.03. The molecule has 1 aliphatic rings. The van der Waals surface area contributed by atoms with Gasteiger partial charge in [-0.1, -0.05) is 25.1 Å². The van der Waals surface area contributed by atoms with Crippen LogP contribution in [0.5, 0.6) is 17.2 Å². The number of para-hydroxylation sites is 1.